The first-order chi connectivity index (χ1) is 8.89. The van der Waals surface area contributed by atoms with Gasteiger partial charge in [0.1, 0.15) is 0 Å². The number of rotatable bonds is 3. The summed E-state index contributed by atoms with van der Waals surface area (Å²) in [5, 5.41) is 3.69. The van der Waals surface area contributed by atoms with E-state index in [0.29, 0.717) is 12.5 Å². The number of hydrogen-bond acceptors (Lipinski definition) is 3. The molecule has 2 aliphatic heterocycles. The number of nitrogens with zero attached hydrogens (tertiary/aromatic N) is 1. The van der Waals surface area contributed by atoms with Gasteiger partial charge in [-0.1, -0.05) is 12.8 Å². The topological polar surface area (TPSA) is 49.4 Å². The molecule has 0 saturated carbocycles. The third-order valence-corrected chi connectivity index (χ3v) is 5.92. The van der Waals surface area contributed by atoms with Crippen molar-refractivity contribution in [2.75, 3.05) is 25.9 Å². The molecular weight excluding hydrogens is 260 g/mol. The number of piperidine rings is 1. The molecule has 112 valence electrons. The molecule has 19 heavy (non-hydrogen) atoms. The van der Waals surface area contributed by atoms with Gasteiger partial charge in [-0.25, -0.2) is 12.7 Å². The highest BCUT2D eigenvalue weighted by molar-refractivity contribution is 7.88. The van der Waals surface area contributed by atoms with Gasteiger partial charge in [-0.05, 0) is 51.5 Å². The Hall–Kier alpha value is -0.130. The summed E-state index contributed by atoms with van der Waals surface area (Å²) in [5.74, 6) is 0.513. The van der Waals surface area contributed by atoms with E-state index in [1.807, 2.05) is 0 Å². The zero-order valence-electron chi connectivity index (χ0n) is 12.3. The highest BCUT2D eigenvalue weighted by Gasteiger charge is 2.32. The van der Waals surface area contributed by atoms with Crippen LogP contribution >= 0.6 is 0 Å². The fourth-order valence-electron chi connectivity index (χ4n) is 3.60. The van der Waals surface area contributed by atoms with E-state index in [2.05, 4.69) is 12.2 Å². The molecule has 0 amide bonds. The Balaban J connectivity index is 1.94. The normalized spacial score (nSPS) is 34.9. The summed E-state index contributed by atoms with van der Waals surface area (Å²) in [6.07, 6.45) is 9.74. The van der Waals surface area contributed by atoms with Gasteiger partial charge < -0.3 is 5.32 Å². The molecule has 1 N–H and O–H groups in total. The first-order valence-corrected chi connectivity index (χ1v) is 9.44. The summed E-state index contributed by atoms with van der Waals surface area (Å²) in [4.78, 5) is 0. The minimum Gasteiger partial charge on any atom is -0.312 e. The van der Waals surface area contributed by atoms with Crippen LogP contribution in [-0.2, 0) is 10.0 Å². The standard InChI is InChI=1S/C14H28N2O2S/c1-14(8-4-3-5-9-15-14)11-13-7-6-10-16(12-13)19(2,17)18/h13,15H,3-12H2,1-2H3. The lowest BCUT2D eigenvalue weighted by Gasteiger charge is -2.38. The van der Waals surface area contributed by atoms with E-state index in [0.717, 1.165) is 25.9 Å². The smallest absolute Gasteiger partial charge is 0.211 e. The predicted molar refractivity (Wildman–Crippen MR) is 78.6 cm³/mol. The van der Waals surface area contributed by atoms with E-state index in [-0.39, 0.29) is 5.54 Å². The summed E-state index contributed by atoms with van der Waals surface area (Å²) in [5.41, 5.74) is 0.210. The Morgan fingerprint density at radius 1 is 1.26 bits per heavy atom. The molecule has 2 atom stereocenters. The molecule has 0 aliphatic carbocycles. The second-order valence-electron chi connectivity index (χ2n) is 6.63. The van der Waals surface area contributed by atoms with Crippen molar-refractivity contribution in [3.63, 3.8) is 0 Å². The van der Waals surface area contributed by atoms with Crippen molar-refractivity contribution in [2.45, 2.75) is 57.4 Å². The van der Waals surface area contributed by atoms with Crippen LogP contribution in [-0.4, -0.2) is 44.2 Å². The van der Waals surface area contributed by atoms with E-state index in [1.54, 1.807) is 4.31 Å². The highest BCUT2D eigenvalue weighted by atomic mass is 32.2. The second kappa shape index (κ2) is 6.10. The summed E-state index contributed by atoms with van der Waals surface area (Å²) >= 11 is 0. The number of sulfonamides is 1. The zero-order chi connectivity index (χ0) is 13.9. The molecule has 2 unspecified atom stereocenters. The van der Waals surface area contributed by atoms with Crippen LogP contribution in [0.2, 0.25) is 0 Å². The largest absolute Gasteiger partial charge is 0.312 e. The molecule has 0 aromatic rings. The van der Waals surface area contributed by atoms with Gasteiger partial charge in [-0.3, -0.25) is 0 Å². The Kier molecular flexibility index (Phi) is 4.90. The van der Waals surface area contributed by atoms with E-state index < -0.39 is 10.0 Å². The van der Waals surface area contributed by atoms with Crippen LogP contribution in [0.25, 0.3) is 0 Å². The van der Waals surface area contributed by atoms with Gasteiger partial charge in [0.05, 0.1) is 6.26 Å². The minimum absolute atomic E-state index is 0.210. The quantitative estimate of drug-likeness (QED) is 0.864. The summed E-state index contributed by atoms with van der Waals surface area (Å²) in [6.45, 7) is 4.85. The number of nitrogens with one attached hydrogen (secondary N) is 1. The third-order valence-electron chi connectivity index (χ3n) is 4.65. The van der Waals surface area contributed by atoms with Crippen molar-refractivity contribution in [3.05, 3.63) is 0 Å². The fraction of sp³-hybridized carbons (Fsp3) is 1.00. The van der Waals surface area contributed by atoms with Gasteiger partial charge in [-0.2, -0.15) is 0 Å². The summed E-state index contributed by atoms with van der Waals surface area (Å²) < 4.78 is 25.0. The summed E-state index contributed by atoms with van der Waals surface area (Å²) in [6, 6.07) is 0. The Morgan fingerprint density at radius 3 is 2.79 bits per heavy atom. The Bertz CT molecular complexity index is 386. The van der Waals surface area contributed by atoms with Gasteiger partial charge in [0, 0.05) is 18.6 Å². The maximum atomic E-state index is 11.7. The summed E-state index contributed by atoms with van der Waals surface area (Å²) in [7, 11) is -3.01. The Labute approximate surface area is 118 Å². The molecule has 0 spiro atoms. The molecule has 2 fully saturated rings. The van der Waals surface area contributed by atoms with Gasteiger partial charge >= 0.3 is 0 Å². The van der Waals surface area contributed by atoms with E-state index in [4.69, 9.17) is 0 Å². The zero-order valence-corrected chi connectivity index (χ0v) is 13.1. The average Bonchev–Trinajstić information content (AvgIpc) is 2.53. The highest BCUT2D eigenvalue weighted by Crippen LogP contribution is 2.30. The van der Waals surface area contributed by atoms with Crippen LogP contribution in [0.4, 0.5) is 0 Å². The maximum Gasteiger partial charge on any atom is 0.211 e. The molecule has 2 rings (SSSR count). The Morgan fingerprint density at radius 2 is 2.05 bits per heavy atom. The molecule has 0 radical (unpaired) electrons. The molecule has 5 heteroatoms. The average molecular weight is 288 g/mol. The molecule has 2 saturated heterocycles. The lowest BCUT2D eigenvalue weighted by Crippen LogP contribution is -2.47. The molecule has 2 aliphatic rings. The van der Waals surface area contributed by atoms with Gasteiger partial charge in [0.15, 0.2) is 0 Å². The second-order valence-corrected chi connectivity index (χ2v) is 8.61. The van der Waals surface area contributed by atoms with Crippen LogP contribution in [0.3, 0.4) is 0 Å². The number of hydrogen-bond donors (Lipinski definition) is 1. The molecule has 2 heterocycles. The van der Waals surface area contributed by atoms with Crippen LogP contribution in [0.1, 0.15) is 51.9 Å². The van der Waals surface area contributed by atoms with Crippen molar-refractivity contribution >= 4 is 10.0 Å². The van der Waals surface area contributed by atoms with E-state index in [1.165, 1.54) is 38.4 Å². The van der Waals surface area contributed by atoms with E-state index >= 15 is 0 Å². The van der Waals surface area contributed by atoms with Crippen LogP contribution < -0.4 is 5.32 Å². The maximum absolute atomic E-state index is 11.7. The lowest BCUT2D eigenvalue weighted by atomic mass is 9.82. The molecule has 4 nitrogen and oxygen atoms in total. The van der Waals surface area contributed by atoms with Crippen molar-refractivity contribution < 1.29 is 8.42 Å². The SMILES string of the molecule is CC1(CC2CCCN(S(C)(=O)=O)C2)CCCCCN1. The van der Waals surface area contributed by atoms with Gasteiger partial charge in [0.25, 0.3) is 0 Å². The van der Waals surface area contributed by atoms with Crippen molar-refractivity contribution in [3.8, 4) is 0 Å². The van der Waals surface area contributed by atoms with Crippen LogP contribution in [0, 0.1) is 5.92 Å². The van der Waals surface area contributed by atoms with Gasteiger partial charge in [-0.15, -0.1) is 0 Å². The fourth-order valence-corrected chi connectivity index (χ4v) is 4.54. The predicted octanol–water partition coefficient (Wildman–Crippen LogP) is 1.97. The van der Waals surface area contributed by atoms with Gasteiger partial charge in [0.2, 0.25) is 10.0 Å². The minimum atomic E-state index is -3.01. The lowest BCUT2D eigenvalue weighted by molar-refractivity contribution is 0.196. The monoisotopic (exact) mass is 288 g/mol. The van der Waals surface area contributed by atoms with Crippen molar-refractivity contribution in [1.82, 2.24) is 9.62 Å². The van der Waals surface area contributed by atoms with Crippen molar-refractivity contribution in [1.29, 1.82) is 0 Å². The van der Waals surface area contributed by atoms with Crippen LogP contribution in [0.15, 0.2) is 0 Å². The molecule has 0 bridgehead atoms. The first kappa shape index (κ1) is 15.3. The molecular formula is C14H28N2O2S. The molecule has 0 aromatic carbocycles. The molecule has 0 aromatic heterocycles. The van der Waals surface area contributed by atoms with Crippen LogP contribution in [0.5, 0.6) is 0 Å². The van der Waals surface area contributed by atoms with E-state index in [9.17, 15) is 8.42 Å². The third kappa shape index (κ3) is 4.43. The first-order valence-electron chi connectivity index (χ1n) is 7.59. The van der Waals surface area contributed by atoms with Crippen molar-refractivity contribution in [2.24, 2.45) is 5.92 Å².